The molecule has 0 unspecified atom stereocenters. The Morgan fingerprint density at radius 1 is 1.00 bits per heavy atom. The first kappa shape index (κ1) is 19.6. The maximum absolute atomic E-state index is 13.6. The minimum absolute atomic E-state index is 0.172. The van der Waals surface area contributed by atoms with E-state index in [0.29, 0.717) is 23.3 Å². The standard InChI is InChI=1S/C23H18N4O2S2/c1-2-29-16-9-10-18-20(12-16)31-23(26-18)27(14-15-6-5-11-24-13-15)22(28)21-25-17-7-3-4-8-19(17)30-21/h3-13H,2,14H2,1H3. The van der Waals surface area contributed by atoms with Crippen molar-refractivity contribution >= 4 is 54.1 Å². The Balaban J connectivity index is 1.56. The van der Waals surface area contributed by atoms with Gasteiger partial charge in [0.1, 0.15) is 5.75 Å². The number of hydrogen-bond donors (Lipinski definition) is 0. The van der Waals surface area contributed by atoms with Crippen LogP contribution in [0.25, 0.3) is 20.4 Å². The predicted molar refractivity (Wildman–Crippen MR) is 125 cm³/mol. The van der Waals surface area contributed by atoms with Crippen LogP contribution in [0.1, 0.15) is 22.3 Å². The van der Waals surface area contributed by atoms with Crippen LogP contribution in [-0.2, 0) is 6.54 Å². The van der Waals surface area contributed by atoms with E-state index in [9.17, 15) is 4.79 Å². The van der Waals surface area contributed by atoms with Gasteiger partial charge in [-0.1, -0.05) is 29.5 Å². The van der Waals surface area contributed by atoms with Gasteiger partial charge in [-0.05, 0) is 48.9 Å². The molecule has 3 heterocycles. The van der Waals surface area contributed by atoms with Gasteiger partial charge in [-0.2, -0.15) is 0 Å². The van der Waals surface area contributed by atoms with E-state index in [1.54, 1.807) is 17.3 Å². The van der Waals surface area contributed by atoms with Gasteiger partial charge in [0.25, 0.3) is 5.91 Å². The molecular weight excluding hydrogens is 428 g/mol. The number of hydrogen-bond acceptors (Lipinski definition) is 7. The van der Waals surface area contributed by atoms with Crippen molar-refractivity contribution in [3.63, 3.8) is 0 Å². The van der Waals surface area contributed by atoms with Crippen molar-refractivity contribution in [3.05, 3.63) is 77.6 Å². The van der Waals surface area contributed by atoms with Crippen molar-refractivity contribution in [1.82, 2.24) is 15.0 Å². The smallest absolute Gasteiger partial charge is 0.289 e. The van der Waals surface area contributed by atoms with E-state index in [2.05, 4.69) is 9.97 Å². The zero-order chi connectivity index (χ0) is 21.2. The van der Waals surface area contributed by atoms with Crippen molar-refractivity contribution in [2.75, 3.05) is 11.5 Å². The van der Waals surface area contributed by atoms with Gasteiger partial charge < -0.3 is 4.74 Å². The Bertz CT molecular complexity index is 1330. The number of amides is 1. The van der Waals surface area contributed by atoms with E-state index in [1.807, 2.05) is 61.5 Å². The fourth-order valence-corrected chi connectivity index (χ4v) is 5.15. The lowest BCUT2D eigenvalue weighted by Crippen LogP contribution is -2.30. The van der Waals surface area contributed by atoms with Crippen LogP contribution in [0.4, 0.5) is 5.13 Å². The van der Waals surface area contributed by atoms with Crippen molar-refractivity contribution in [3.8, 4) is 5.75 Å². The number of para-hydroxylation sites is 1. The summed E-state index contributed by atoms with van der Waals surface area (Å²) in [4.78, 5) is 28.7. The van der Waals surface area contributed by atoms with Crippen LogP contribution in [-0.4, -0.2) is 27.5 Å². The number of carbonyl (C=O) groups excluding carboxylic acids is 1. The molecule has 0 aliphatic heterocycles. The maximum Gasteiger partial charge on any atom is 0.289 e. The molecule has 3 aromatic heterocycles. The highest BCUT2D eigenvalue weighted by atomic mass is 32.1. The number of anilines is 1. The quantitative estimate of drug-likeness (QED) is 0.342. The van der Waals surface area contributed by atoms with Crippen LogP contribution in [0.15, 0.2) is 67.0 Å². The number of rotatable bonds is 6. The highest BCUT2D eigenvalue weighted by Gasteiger charge is 2.25. The Morgan fingerprint density at radius 3 is 2.68 bits per heavy atom. The molecule has 0 saturated heterocycles. The molecule has 0 aliphatic carbocycles. The molecule has 31 heavy (non-hydrogen) atoms. The maximum atomic E-state index is 13.6. The molecule has 0 saturated carbocycles. The molecule has 8 heteroatoms. The number of ether oxygens (including phenoxy) is 1. The zero-order valence-electron chi connectivity index (χ0n) is 16.7. The number of fused-ring (bicyclic) bond motifs is 2. The summed E-state index contributed by atoms with van der Waals surface area (Å²) in [7, 11) is 0. The molecule has 6 nitrogen and oxygen atoms in total. The Morgan fingerprint density at radius 2 is 1.87 bits per heavy atom. The van der Waals surface area contributed by atoms with E-state index < -0.39 is 0 Å². The van der Waals surface area contributed by atoms with Crippen LogP contribution >= 0.6 is 22.7 Å². The molecule has 5 aromatic rings. The summed E-state index contributed by atoms with van der Waals surface area (Å²) in [5.41, 5.74) is 2.57. The zero-order valence-corrected chi connectivity index (χ0v) is 18.3. The fraction of sp³-hybridized carbons (Fsp3) is 0.130. The topological polar surface area (TPSA) is 68.2 Å². The van der Waals surface area contributed by atoms with Gasteiger partial charge in [-0.25, -0.2) is 9.97 Å². The summed E-state index contributed by atoms with van der Waals surface area (Å²) >= 11 is 2.86. The molecule has 0 N–H and O–H groups in total. The van der Waals surface area contributed by atoms with Gasteiger partial charge in [-0.3, -0.25) is 14.7 Å². The van der Waals surface area contributed by atoms with E-state index in [0.717, 1.165) is 31.7 Å². The summed E-state index contributed by atoms with van der Waals surface area (Å²) < 4.78 is 7.56. The number of pyridine rings is 1. The largest absolute Gasteiger partial charge is 0.494 e. The van der Waals surface area contributed by atoms with Crippen LogP contribution in [0.3, 0.4) is 0 Å². The van der Waals surface area contributed by atoms with Gasteiger partial charge in [0.05, 0.1) is 33.6 Å². The Kier molecular flexibility index (Phi) is 5.31. The second-order valence-corrected chi connectivity index (χ2v) is 8.84. The number of carbonyl (C=O) groups is 1. The minimum atomic E-state index is -0.172. The molecular formula is C23H18N4O2S2. The van der Waals surface area contributed by atoms with E-state index in [1.165, 1.54) is 22.7 Å². The molecule has 5 rings (SSSR count). The van der Waals surface area contributed by atoms with Crippen LogP contribution < -0.4 is 9.64 Å². The predicted octanol–water partition coefficient (Wildman–Crippen LogP) is 5.55. The lowest BCUT2D eigenvalue weighted by atomic mass is 10.2. The third-order valence-corrected chi connectivity index (χ3v) is 6.74. The third kappa shape index (κ3) is 3.99. The first-order valence-electron chi connectivity index (χ1n) is 9.81. The monoisotopic (exact) mass is 446 g/mol. The van der Waals surface area contributed by atoms with Crippen molar-refractivity contribution < 1.29 is 9.53 Å². The molecule has 1 amide bonds. The lowest BCUT2D eigenvalue weighted by Gasteiger charge is -2.18. The van der Waals surface area contributed by atoms with E-state index in [4.69, 9.17) is 9.72 Å². The molecule has 0 bridgehead atoms. The molecule has 0 spiro atoms. The van der Waals surface area contributed by atoms with Crippen molar-refractivity contribution in [1.29, 1.82) is 0 Å². The third-order valence-electron chi connectivity index (χ3n) is 4.68. The molecule has 0 aliphatic rings. The SMILES string of the molecule is CCOc1ccc2nc(N(Cc3cccnc3)C(=O)c3nc4ccccc4s3)sc2c1. The Labute approximate surface area is 186 Å². The van der Waals surface area contributed by atoms with Crippen LogP contribution in [0.2, 0.25) is 0 Å². The summed E-state index contributed by atoms with van der Waals surface area (Å²) in [5.74, 6) is 0.621. The van der Waals surface area contributed by atoms with E-state index in [-0.39, 0.29) is 5.91 Å². The molecule has 154 valence electrons. The minimum Gasteiger partial charge on any atom is -0.494 e. The summed E-state index contributed by atoms with van der Waals surface area (Å²) in [6, 6.07) is 17.4. The van der Waals surface area contributed by atoms with Gasteiger partial charge in [0.15, 0.2) is 10.1 Å². The average Bonchev–Trinajstić information content (AvgIpc) is 3.42. The number of nitrogens with zero attached hydrogens (tertiary/aromatic N) is 4. The second-order valence-electron chi connectivity index (χ2n) is 6.80. The molecule has 0 fully saturated rings. The average molecular weight is 447 g/mol. The first-order chi connectivity index (χ1) is 15.2. The van der Waals surface area contributed by atoms with Gasteiger partial charge >= 0.3 is 0 Å². The molecule has 0 radical (unpaired) electrons. The number of benzene rings is 2. The van der Waals surface area contributed by atoms with Crippen LogP contribution in [0.5, 0.6) is 5.75 Å². The van der Waals surface area contributed by atoms with Gasteiger partial charge in [0.2, 0.25) is 0 Å². The summed E-state index contributed by atoms with van der Waals surface area (Å²) in [6.45, 7) is 2.91. The van der Waals surface area contributed by atoms with Crippen LogP contribution in [0, 0.1) is 0 Å². The fourth-order valence-electron chi connectivity index (χ4n) is 3.24. The first-order valence-corrected chi connectivity index (χ1v) is 11.4. The number of thiazole rings is 2. The summed E-state index contributed by atoms with van der Waals surface area (Å²) in [6.07, 6.45) is 3.48. The molecule has 0 atom stereocenters. The number of aromatic nitrogens is 3. The Hall–Kier alpha value is -3.36. The van der Waals surface area contributed by atoms with Crippen molar-refractivity contribution in [2.45, 2.75) is 13.5 Å². The lowest BCUT2D eigenvalue weighted by molar-refractivity contribution is 0.0985. The highest BCUT2D eigenvalue weighted by molar-refractivity contribution is 7.23. The molecule has 2 aromatic carbocycles. The van der Waals surface area contributed by atoms with E-state index >= 15 is 0 Å². The van der Waals surface area contributed by atoms with Crippen molar-refractivity contribution in [2.24, 2.45) is 0 Å². The summed E-state index contributed by atoms with van der Waals surface area (Å²) in [5, 5.41) is 1.07. The van der Waals surface area contributed by atoms with Gasteiger partial charge in [-0.15, -0.1) is 11.3 Å². The van der Waals surface area contributed by atoms with Gasteiger partial charge in [0, 0.05) is 12.4 Å². The normalized spacial score (nSPS) is 11.1. The highest BCUT2D eigenvalue weighted by Crippen LogP contribution is 2.34. The second kappa shape index (κ2) is 8.41.